The number of aromatic nitrogens is 1. The van der Waals surface area contributed by atoms with Crippen molar-refractivity contribution in [2.45, 2.75) is 13.5 Å². The molecule has 0 unspecified atom stereocenters. The summed E-state index contributed by atoms with van der Waals surface area (Å²) in [5.41, 5.74) is 0.784. The normalized spacial score (nSPS) is 10.4. The maximum Gasteiger partial charge on any atom is 0.407 e. The smallest absolute Gasteiger partial charge is 0.407 e. The monoisotopic (exact) mass is 336 g/mol. The number of anilines is 1. The van der Waals surface area contributed by atoms with Gasteiger partial charge in [-0.25, -0.2) is 14.6 Å². The second-order valence-electron chi connectivity index (χ2n) is 4.94. The quantitative estimate of drug-likeness (QED) is 0.799. The molecule has 7 nitrogen and oxygen atoms in total. The molecule has 122 valence electrons. The van der Waals surface area contributed by atoms with Gasteiger partial charge in [0.2, 0.25) is 0 Å². The molecule has 0 saturated heterocycles. The fourth-order valence-electron chi connectivity index (χ4n) is 2.11. The van der Waals surface area contributed by atoms with Crippen molar-refractivity contribution in [3.63, 3.8) is 0 Å². The van der Waals surface area contributed by atoms with Gasteiger partial charge in [-0.2, -0.15) is 0 Å². The highest BCUT2D eigenvalue weighted by atomic mass is 35.5. The predicted octanol–water partition coefficient (Wildman–Crippen LogP) is 3.14. The summed E-state index contributed by atoms with van der Waals surface area (Å²) in [6, 6.07) is 4.78. The molecule has 0 atom stereocenters. The van der Waals surface area contributed by atoms with Gasteiger partial charge in [0, 0.05) is 42.1 Å². The number of halogens is 1. The number of carboxylic acid groups (broad SMARTS) is 1. The van der Waals surface area contributed by atoms with Gasteiger partial charge in [0.1, 0.15) is 5.82 Å². The van der Waals surface area contributed by atoms with Crippen LogP contribution in [-0.4, -0.2) is 40.7 Å². The van der Waals surface area contributed by atoms with Crippen LogP contribution in [0.15, 0.2) is 24.4 Å². The highest BCUT2D eigenvalue weighted by molar-refractivity contribution is 6.35. The van der Waals surface area contributed by atoms with E-state index >= 15 is 0 Å². The number of pyridine rings is 1. The van der Waals surface area contributed by atoms with Crippen LogP contribution in [-0.2, 0) is 6.54 Å². The molecule has 0 aliphatic rings. The number of carbonyl (C=O) groups excluding carboxylic acids is 1. The summed E-state index contributed by atoms with van der Waals surface area (Å²) in [4.78, 5) is 27.9. The minimum absolute atomic E-state index is 0.216. The molecule has 0 aliphatic heterocycles. The number of rotatable bonds is 4. The highest BCUT2D eigenvalue weighted by Gasteiger charge is 2.12. The minimum atomic E-state index is -1.02. The topological polar surface area (TPSA) is 94.6 Å². The Morgan fingerprint density at radius 3 is 2.74 bits per heavy atom. The summed E-state index contributed by atoms with van der Waals surface area (Å²) >= 11 is 6.21. The average molecular weight is 337 g/mol. The van der Waals surface area contributed by atoms with E-state index in [1.807, 2.05) is 6.92 Å². The number of carbonyl (C=O) groups is 2. The number of urea groups is 1. The third kappa shape index (κ3) is 4.01. The summed E-state index contributed by atoms with van der Waals surface area (Å²) in [5, 5.41) is 16.2. The van der Waals surface area contributed by atoms with Crippen molar-refractivity contribution >= 4 is 40.3 Å². The first kappa shape index (κ1) is 16.8. The van der Waals surface area contributed by atoms with E-state index in [-0.39, 0.29) is 12.6 Å². The molecule has 0 spiro atoms. The number of fused-ring (bicyclic) bond motifs is 1. The van der Waals surface area contributed by atoms with Crippen molar-refractivity contribution in [3.8, 4) is 0 Å². The Balaban J connectivity index is 2.37. The van der Waals surface area contributed by atoms with Crippen molar-refractivity contribution in [1.82, 2.24) is 15.2 Å². The number of benzene rings is 1. The number of nitrogens with zero attached hydrogens (tertiary/aromatic N) is 2. The van der Waals surface area contributed by atoms with Crippen molar-refractivity contribution in [2.24, 2.45) is 0 Å². The van der Waals surface area contributed by atoms with Crippen LogP contribution in [0, 0.1) is 0 Å². The molecule has 3 N–H and O–H groups in total. The second kappa shape index (κ2) is 7.15. The zero-order chi connectivity index (χ0) is 17.0. The molecule has 2 aromatic rings. The first-order valence-electron chi connectivity index (χ1n) is 6.98. The lowest BCUT2D eigenvalue weighted by Gasteiger charge is -2.15. The summed E-state index contributed by atoms with van der Waals surface area (Å²) in [7, 11) is 1.49. The lowest BCUT2D eigenvalue weighted by atomic mass is 10.1. The molecule has 1 heterocycles. The Morgan fingerprint density at radius 1 is 1.35 bits per heavy atom. The highest BCUT2D eigenvalue weighted by Crippen LogP contribution is 2.28. The first-order chi connectivity index (χ1) is 10.9. The van der Waals surface area contributed by atoms with Gasteiger partial charge in [-0.3, -0.25) is 5.32 Å². The fourth-order valence-corrected chi connectivity index (χ4v) is 2.33. The molecular weight excluding hydrogens is 320 g/mol. The Kier molecular flexibility index (Phi) is 5.23. The van der Waals surface area contributed by atoms with Crippen LogP contribution in [0.3, 0.4) is 0 Å². The van der Waals surface area contributed by atoms with Gasteiger partial charge in [0.15, 0.2) is 0 Å². The average Bonchev–Trinajstić information content (AvgIpc) is 2.50. The third-order valence-corrected chi connectivity index (χ3v) is 3.58. The molecule has 2 rings (SSSR count). The van der Waals surface area contributed by atoms with E-state index < -0.39 is 6.09 Å². The maximum atomic E-state index is 11.6. The van der Waals surface area contributed by atoms with Crippen molar-refractivity contribution < 1.29 is 14.7 Å². The van der Waals surface area contributed by atoms with Gasteiger partial charge in [0.25, 0.3) is 0 Å². The van der Waals surface area contributed by atoms with Crippen molar-refractivity contribution in [3.05, 3.63) is 35.0 Å². The van der Waals surface area contributed by atoms with Crippen LogP contribution < -0.4 is 10.6 Å². The Morgan fingerprint density at radius 2 is 2.09 bits per heavy atom. The number of nitrogens with one attached hydrogen (secondary N) is 2. The summed E-state index contributed by atoms with van der Waals surface area (Å²) in [5.74, 6) is 0.370. The molecule has 23 heavy (non-hydrogen) atoms. The van der Waals surface area contributed by atoms with E-state index in [0.29, 0.717) is 22.8 Å². The second-order valence-corrected chi connectivity index (χ2v) is 5.35. The van der Waals surface area contributed by atoms with E-state index in [0.717, 1.165) is 10.9 Å². The number of hydrogen-bond donors (Lipinski definition) is 3. The van der Waals surface area contributed by atoms with Gasteiger partial charge in [0.05, 0.1) is 0 Å². The number of hydrogen-bond acceptors (Lipinski definition) is 3. The SMILES string of the molecule is CCNC(=O)Nc1cc2c(Cl)ccc(CN(C)C(=O)O)c2cn1. The van der Waals surface area contributed by atoms with E-state index in [4.69, 9.17) is 16.7 Å². The van der Waals surface area contributed by atoms with Crippen LogP contribution >= 0.6 is 11.6 Å². The fraction of sp³-hybridized carbons (Fsp3) is 0.267. The molecular formula is C15H17ClN4O3. The molecule has 3 amide bonds. The maximum absolute atomic E-state index is 11.6. The van der Waals surface area contributed by atoms with Crippen molar-refractivity contribution in [1.29, 1.82) is 0 Å². The van der Waals surface area contributed by atoms with Crippen LogP contribution in [0.2, 0.25) is 5.02 Å². The first-order valence-corrected chi connectivity index (χ1v) is 7.36. The molecule has 1 aromatic carbocycles. The predicted molar refractivity (Wildman–Crippen MR) is 88.9 cm³/mol. The van der Waals surface area contributed by atoms with Gasteiger partial charge in [-0.05, 0) is 24.6 Å². The zero-order valence-corrected chi connectivity index (χ0v) is 13.5. The Bertz CT molecular complexity index is 751. The molecule has 0 bridgehead atoms. The van der Waals surface area contributed by atoms with Crippen molar-refractivity contribution in [2.75, 3.05) is 18.9 Å². The van der Waals surface area contributed by atoms with Crippen LogP contribution in [0.5, 0.6) is 0 Å². The standard InChI is InChI=1S/C15H17ClN4O3/c1-3-17-14(21)19-13-6-10-11(7-18-13)9(4-5-12(10)16)8-20(2)15(22)23/h4-7H,3,8H2,1-2H3,(H,22,23)(H2,17,18,19,21). The number of amides is 3. The molecule has 0 aliphatic carbocycles. The molecule has 1 aromatic heterocycles. The molecule has 0 saturated carbocycles. The third-order valence-electron chi connectivity index (χ3n) is 3.25. The van der Waals surface area contributed by atoms with Gasteiger partial charge >= 0.3 is 12.1 Å². The Hall–Kier alpha value is -2.54. The van der Waals surface area contributed by atoms with E-state index in [9.17, 15) is 9.59 Å². The zero-order valence-electron chi connectivity index (χ0n) is 12.8. The van der Waals surface area contributed by atoms with Gasteiger partial charge in [-0.1, -0.05) is 17.7 Å². The van der Waals surface area contributed by atoms with Crippen LogP contribution in [0.4, 0.5) is 15.4 Å². The van der Waals surface area contributed by atoms with E-state index in [1.54, 1.807) is 24.4 Å². The summed E-state index contributed by atoms with van der Waals surface area (Å²) in [6.07, 6.45) is 0.559. The lowest BCUT2D eigenvalue weighted by Crippen LogP contribution is -2.28. The van der Waals surface area contributed by atoms with E-state index in [2.05, 4.69) is 15.6 Å². The molecule has 0 radical (unpaired) electrons. The lowest BCUT2D eigenvalue weighted by molar-refractivity contribution is 0.154. The van der Waals surface area contributed by atoms with Gasteiger partial charge in [-0.15, -0.1) is 0 Å². The summed E-state index contributed by atoms with van der Waals surface area (Å²) < 4.78 is 0. The minimum Gasteiger partial charge on any atom is -0.465 e. The Labute approximate surface area is 138 Å². The van der Waals surface area contributed by atoms with Crippen LogP contribution in [0.1, 0.15) is 12.5 Å². The summed E-state index contributed by atoms with van der Waals surface area (Å²) in [6.45, 7) is 2.54. The molecule has 0 fully saturated rings. The van der Waals surface area contributed by atoms with Crippen LogP contribution in [0.25, 0.3) is 10.8 Å². The van der Waals surface area contributed by atoms with Gasteiger partial charge < -0.3 is 15.3 Å². The largest absolute Gasteiger partial charge is 0.465 e. The van der Waals surface area contributed by atoms with E-state index in [1.165, 1.54) is 11.9 Å². The molecule has 8 heteroatoms.